The van der Waals surface area contributed by atoms with Crippen LogP contribution in [0.15, 0.2) is 17.5 Å². The second-order valence-corrected chi connectivity index (χ2v) is 4.56. The smallest absolute Gasteiger partial charge is 0.326 e. The molecule has 0 fully saturated rings. The van der Waals surface area contributed by atoms with E-state index in [4.69, 9.17) is 5.11 Å². The highest BCUT2D eigenvalue weighted by molar-refractivity contribution is 7.09. The van der Waals surface area contributed by atoms with Gasteiger partial charge in [-0.2, -0.15) is 0 Å². The Labute approximate surface area is 104 Å². The summed E-state index contributed by atoms with van der Waals surface area (Å²) in [4.78, 5) is 23.2. The predicted molar refractivity (Wildman–Crippen MR) is 66.3 cm³/mol. The predicted octanol–water partition coefficient (Wildman–Crippen LogP) is 1.45. The van der Waals surface area contributed by atoms with E-state index in [1.165, 1.54) is 4.88 Å². The van der Waals surface area contributed by atoms with Crippen LogP contribution in [0.3, 0.4) is 0 Å². The maximum atomic E-state index is 11.4. The highest BCUT2D eigenvalue weighted by atomic mass is 32.1. The molecule has 0 aliphatic rings. The zero-order valence-electron chi connectivity index (χ0n) is 9.60. The van der Waals surface area contributed by atoms with E-state index in [1.807, 2.05) is 17.5 Å². The molecule has 3 N–H and O–H groups in total. The number of amides is 2. The van der Waals surface area contributed by atoms with Crippen LogP contribution in [0.2, 0.25) is 0 Å². The van der Waals surface area contributed by atoms with Crippen LogP contribution in [0, 0.1) is 0 Å². The van der Waals surface area contributed by atoms with E-state index in [2.05, 4.69) is 10.6 Å². The molecule has 0 aromatic carbocycles. The number of hydrogen-bond donors (Lipinski definition) is 3. The Balaban J connectivity index is 2.23. The average molecular weight is 256 g/mol. The number of urea groups is 1. The molecule has 0 unspecified atom stereocenters. The first-order chi connectivity index (χ1) is 8.13. The summed E-state index contributed by atoms with van der Waals surface area (Å²) < 4.78 is 0. The van der Waals surface area contributed by atoms with Crippen molar-refractivity contribution in [1.29, 1.82) is 0 Å². The number of hydrogen-bond acceptors (Lipinski definition) is 3. The van der Waals surface area contributed by atoms with Gasteiger partial charge >= 0.3 is 12.0 Å². The number of aliphatic carboxylic acids is 1. The zero-order valence-corrected chi connectivity index (χ0v) is 10.4. The Bertz CT molecular complexity index is 365. The van der Waals surface area contributed by atoms with Crippen molar-refractivity contribution in [1.82, 2.24) is 10.6 Å². The zero-order chi connectivity index (χ0) is 12.7. The van der Waals surface area contributed by atoms with Crippen molar-refractivity contribution in [2.24, 2.45) is 0 Å². The molecular formula is C11H16N2O3S. The number of carboxylic acid groups (broad SMARTS) is 1. The minimum absolute atomic E-state index is 0.369. The van der Waals surface area contributed by atoms with Crippen LogP contribution >= 0.6 is 11.3 Å². The lowest BCUT2D eigenvalue weighted by Crippen LogP contribution is -2.46. The third kappa shape index (κ3) is 4.86. The van der Waals surface area contributed by atoms with Gasteiger partial charge in [0.2, 0.25) is 0 Å². The Hall–Kier alpha value is -1.56. The molecule has 0 aliphatic heterocycles. The van der Waals surface area contributed by atoms with Gasteiger partial charge in [0.15, 0.2) is 0 Å². The largest absolute Gasteiger partial charge is 0.480 e. The van der Waals surface area contributed by atoms with E-state index >= 15 is 0 Å². The Kier molecular flexibility index (Phi) is 5.48. The number of thiophene rings is 1. The van der Waals surface area contributed by atoms with E-state index in [9.17, 15) is 9.59 Å². The molecule has 1 heterocycles. The summed E-state index contributed by atoms with van der Waals surface area (Å²) in [6, 6.07) is 2.70. The van der Waals surface area contributed by atoms with Crippen molar-refractivity contribution in [2.45, 2.75) is 25.8 Å². The van der Waals surface area contributed by atoms with E-state index in [0.717, 1.165) is 6.42 Å². The van der Waals surface area contributed by atoms with Crippen molar-refractivity contribution in [3.63, 3.8) is 0 Å². The molecule has 0 spiro atoms. The fourth-order valence-electron chi connectivity index (χ4n) is 1.30. The first kappa shape index (κ1) is 13.5. The summed E-state index contributed by atoms with van der Waals surface area (Å²) in [7, 11) is 0. The fourth-order valence-corrected chi connectivity index (χ4v) is 2.01. The standard InChI is InChI=1S/C11H16N2O3S/c1-2-9(10(14)15)13-11(16)12-6-5-8-4-3-7-17-8/h3-4,7,9H,2,5-6H2,1H3,(H,14,15)(H2,12,13,16)/t9-/m1/s1. The number of rotatable bonds is 6. The molecule has 0 bridgehead atoms. The van der Waals surface area contributed by atoms with Crippen LogP contribution in [0.25, 0.3) is 0 Å². The van der Waals surface area contributed by atoms with Crippen molar-refractivity contribution < 1.29 is 14.7 Å². The highest BCUT2D eigenvalue weighted by Gasteiger charge is 2.16. The van der Waals surface area contributed by atoms with E-state index in [-0.39, 0.29) is 0 Å². The Morgan fingerprint density at radius 2 is 2.29 bits per heavy atom. The van der Waals surface area contributed by atoms with Crippen LogP contribution in [0.4, 0.5) is 4.79 Å². The fraction of sp³-hybridized carbons (Fsp3) is 0.455. The van der Waals surface area contributed by atoms with Gasteiger partial charge in [0.05, 0.1) is 0 Å². The Morgan fingerprint density at radius 1 is 1.53 bits per heavy atom. The molecule has 0 saturated heterocycles. The molecule has 2 amide bonds. The van der Waals surface area contributed by atoms with Crippen molar-refractivity contribution >= 4 is 23.3 Å². The topological polar surface area (TPSA) is 78.4 Å². The van der Waals surface area contributed by atoms with Crippen molar-refractivity contribution in [2.75, 3.05) is 6.54 Å². The average Bonchev–Trinajstić information content (AvgIpc) is 2.78. The molecule has 1 atom stereocenters. The molecule has 0 radical (unpaired) electrons. The number of carbonyl (C=O) groups is 2. The van der Waals surface area contributed by atoms with Gasteiger partial charge in [0.25, 0.3) is 0 Å². The molecule has 1 aromatic rings. The van der Waals surface area contributed by atoms with Gasteiger partial charge in [0.1, 0.15) is 6.04 Å². The first-order valence-electron chi connectivity index (χ1n) is 5.43. The number of carbonyl (C=O) groups excluding carboxylic acids is 1. The highest BCUT2D eigenvalue weighted by Crippen LogP contribution is 2.07. The van der Waals surface area contributed by atoms with Gasteiger partial charge in [-0.3, -0.25) is 0 Å². The van der Waals surface area contributed by atoms with Crippen LogP contribution in [-0.4, -0.2) is 29.7 Å². The van der Waals surface area contributed by atoms with Crippen LogP contribution in [-0.2, 0) is 11.2 Å². The van der Waals surface area contributed by atoms with Gasteiger partial charge in [-0.25, -0.2) is 9.59 Å². The lowest BCUT2D eigenvalue weighted by molar-refractivity contribution is -0.139. The molecule has 94 valence electrons. The molecule has 0 aliphatic carbocycles. The maximum absolute atomic E-state index is 11.4. The lowest BCUT2D eigenvalue weighted by Gasteiger charge is -2.12. The quantitative estimate of drug-likeness (QED) is 0.721. The summed E-state index contributed by atoms with van der Waals surface area (Å²) in [5.74, 6) is -1.01. The normalized spacial score (nSPS) is 11.8. The van der Waals surface area contributed by atoms with Crippen LogP contribution in [0.5, 0.6) is 0 Å². The Morgan fingerprint density at radius 3 is 2.82 bits per heavy atom. The summed E-state index contributed by atoms with van der Waals surface area (Å²) in [6.45, 7) is 2.22. The summed E-state index contributed by atoms with van der Waals surface area (Å²) in [6.07, 6.45) is 1.13. The molecule has 0 saturated carbocycles. The molecular weight excluding hydrogens is 240 g/mol. The summed E-state index contributed by atoms with van der Waals surface area (Å²) >= 11 is 1.63. The summed E-state index contributed by atoms with van der Waals surface area (Å²) in [5, 5.41) is 15.8. The van der Waals surface area contributed by atoms with Gasteiger partial charge in [0, 0.05) is 11.4 Å². The van der Waals surface area contributed by atoms with Gasteiger partial charge < -0.3 is 15.7 Å². The summed E-state index contributed by atoms with van der Waals surface area (Å²) in [5.41, 5.74) is 0. The van der Waals surface area contributed by atoms with Crippen molar-refractivity contribution in [3.8, 4) is 0 Å². The van der Waals surface area contributed by atoms with Gasteiger partial charge in [-0.15, -0.1) is 11.3 Å². The molecule has 5 nitrogen and oxygen atoms in total. The van der Waals surface area contributed by atoms with Crippen LogP contribution < -0.4 is 10.6 Å². The molecule has 1 rings (SSSR count). The molecule has 6 heteroatoms. The minimum atomic E-state index is -1.01. The second-order valence-electron chi connectivity index (χ2n) is 3.53. The lowest BCUT2D eigenvalue weighted by atomic mass is 10.2. The first-order valence-corrected chi connectivity index (χ1v) is 6.31. The second kappa shape index (κ2) is 6.90. The van der Waals surface area contributed by atoms with Crippen LogP contribution in [0.1, 0.15) is 18.2 Å². The maximum Gasteiger partial charge on any atom is 0.326 e. The molecule has 1 aromatic heterocycles. The van der Waals surface area contributed by atoms with Gasteiger partial charge in [-0.1, -0.05) is 13.0 Å². The number of nitrogens with one attached hydrogen (secondary N) is 2. The molecule has 17 heavy (non-hydrogen) atoms. The monoisotopic (exact) mass is 256 g/mol. The van der Waals surface area contributed by atoms with E-state index in [0.29, 0.717) is 13.0 Å². The van der Waals surface area contributed by atoms with Gasteiger partial charge in [-0.05, 0) is 24.3 Å². The SMILES string of the molecule is CC[C@@H](NC(=O)NCCc1cccs1)C(=O)O. The third-order valence-corrected chi connectivity index (χ3v) is 3.18. The minimum Gasteiger partial charge on any atom is -0.480 e. The number of carboxylic acids is 1. The van der Waals surface area contributed by atoms with E-state index in [1.54, 1.807) is 18.3 Å². The van der Waals surface area contributed by atoms with E-state index < -0.39 is 18.0 Å². The van der Waals surface area contributed by atoms with Crippen molar-refractivity contribution in [3.05, 3.63) is 22.4 Å². The third-order valence-electron chi connectivity index (χ3n) is 2.25.